The molecule has 0 spiro atoms. The maximum Gasteiger partial charge on any atom is 0.232 e. The third-order valence-corrected chi connectivity index (χ3v) is 7.53. The highest BCUT2D eigenvalue weighted by Crippen LogP contribution is 2.37. The van der Waals surface area contributed by atoms with Crippen LogP contribution in [0.3, 0.4) is 0 Å². The predicted octanol–water partition coefficient (Wildman–Crippen LogP) is 7.15. The number of fused-ring (bicyclic) bond motifs is 2. The minimum atomic E-state index is 0.0662. The third-order valence-electron chi connectivity index (χ3n) is 6.69. The molecular formula is C32H26N4OS. The van der Waals surface area contributed by atoms with E-state index in [2.05, 4.69) is 22.3 Å². The Morgan fingerprint density at radius 1 is 0.658 bits per heavy atom. The second-order valence-electron chi connectivity index (χ2n) is 9.11. The van der Waals surface area contributed by atoms with Crippen LogP contribution in [0, 0.1) is 0 Å². The highest BCUT2D eigenvalue weighted by Gasteiger charge is 2.25. The summed E-state index contributed by atoms with van der Waals surface area (Å²) in [6.07, 6.45) is 2.19. The van der Waals surface area contributed by atoms with Gasteiger partial charge >= 0.3 is 0 Å². The normalized spacial score (nSPS) is 12.4. The first-order valence-corrected chi connectivity index (χ1v) is 13.7. The van der Waals surface area contributed by atoms with Crippen LogP contribution in [0.4, 0.5) is 11.4 Å². The van der Waals surface area contributed by atoms with Gasteiger partial charge in [-0.2, -0.15) is 0 Å². The lowest BCUT2D eigenvalue weighted by molar-refractivity contribution is -0.117. The van der Waals surface area contributed by atoms with E-state index in [0.29, 0.717) is 17.3 Å². The molecule has 1 aliphatic heterocycles. The fraction of sp³-hybridized carbons (Fsp3) is 0.125. The van der Waals surface area contributed by atoms with Crippen LogP contribution in [-0.2, 0) is 17.6 Å². The molecule has 38 heavy (non-hydrogen) atoms. The van der Waals surface area contributed by atoms with Gasteiger partial charge in [-0.05, 0) is 36.1 Å². The molecule has 1 aliphatic rings. The molecule has 1 aromatic heterocycles. The van der Waals surface area contributed by atoms with Crippen molar-refractivity contribution in [1.82, 2.24) is 15.2 Å². The van der Waals surface area contributed by atoms with Gasteiger partial charge in [0, 0.05) is 23.3 Å². The van der Waals surface area contributed by atoms with Gasteiger partial charge in [-0.25, -0.2) is 4.98 Å². The van der Waals surface area contributed by atoms with Crippen LogP contribution >= 0.6 is 11.8 Å². The van der Waals surface area contributed by atoms with Crippen molar-refractivity contribution in [3.05, 3.63) is 120 Å². The summed E-state index contributed by atoms with van der Waals surface area (Å²) in [6.45, 7) is 0. The maximum atomic E-state index is 13.7. The van der Waals surface area contributed by atoms with Gasteiger partial charge in [0.1, 0.15) is 11.4 Å². The number of carbonyl (C=O) groups excluding carboxylic acids is 1. The Bertz CT molecular complexity index is 1530. The molecule has 6 rings (SSSR count). The number of nitrogens with zero attached hydrogens (tertiary/aromatic N) is 4. The highest BCUT2D eigenvalue weighted by molar-refractivity contribution is 7.99. The Balaban J connectivity index is 1.24. The van der Waals surface area contributed by atoms with Gasteiger partial charge in [-0.1, -0.05) is 109 Å². The lowest BCUT2D eigenvalue weighted by Gasteiger charge is -2.25. The van der Waals surface area contributed by atoms with Gasteiger partial charge < -0.3 is 0 Å². The Morgan fingerprint density at radius 2 is 1.18 bits per heavy atom. The van der Waals surface area contributed by atoms with E-state index in [1.165, 1.54) is 22.9 Å². The van der Waals surface area contributed by atoms with Crippen molar-refractivity contribution >= 4 is 29.0 Å². The van der Waals surface area contributed by atoms with Gasteiger partial charge in [0.2, 0.25) is 11.1 Å². The van der Waals surface area contributed by atoms with Crippen LogP contribution in [0.25, 0.3) is 22.5 Å². The van der Waals surface area contributed by atoms with Gasteiger partial charge in [0.25, 0.3) is 0 Å². The SMILES string of the molecule is O=C(CCSc1nnc(-c2ccccc2)c(-c2ccccc2)n1)N1c2ccccc2CCc2ccccc21. The first kappa shape index (κ1) is 24.1. The number of thioether (sulfide) groups is 1. The van der Waals surface area contributed by atoms with Crippen molar-refractivity contribution in [2.45, 2.75) is 24.4 Å². The highest BCUT2D eigenvalue weighted by atomic mass is 32.2. The summed E-state index contributed by atoms with van der Waals surface area (Å²) in [5, 5.41) is 9.53. The van der Waals surface area contributed by atoms with Crippen LogP contribution in [0.2, 0.25) is 0 Å². The van der Waals surface area contributed by atoms with E-state index in [-0.39, 0.29) is 5.91 Å². The van der Waals surface area contributed by atoms with Gasteiger partial charge in [0.05, 0.1) is 11.4 Å². The molecule has 0 fully saturated rings. The maximum absolute atomic E-state index is 13.7. The average molecular weight is 515 g/mol. The van der Waals surface area contributed by atoms with Crippen LogP contribution in [-0.4, -0.2) is 26.8 Å². The van der Waals surface area contributed by atoms with Crippen molar-refractivity contribution in [2.24, 2.45) is 0 Å². The molecule has 1 amide bonds. The number of hydrogen-bond acceptors (Lipinski definition) is 5. The first-order valence-electron chi connectivity index (χ1n) is 12.7. The zero-order valence-electron chi connectivity index (χ0n) is 20.8. The first-order chi connectivity index (χ1) is 18.8. The van der Waals surface area contributed by atoms with E-state index in [4.69, 9.17) is 4.98 Å². The molecule has 0 N–H and O–H groups in total. The molecule has 0 saturated heterocycles. The molecule has 2 heterocycles. The molecule has 5 aromatic rings. The van der Waals surface area contributed by atoms with Crippen molar-refractivity contribution in [3.8, 4) is 22.5 Å². The molecule has 0 saturated carbocycles. The summed E-state index contributed by atoms with van der Waals surface area (Å²) in [5.74, 6) is 0.622. The lowest BCUT2D eigenvalue weighted by Crippen LogP contribution is -2.27. The second-order valence-corrected chi connectivity index (χ2v) is 10.2. The minimum Gasteiger partial charge on any atom is -0.280 e. The number of carbonyl (C=O) groups is 1. The van der Waals surface area contributed by atoms with Crippen LogP contribution < -0.4 is 4.90 Å². The average Bonchev–Trinajstić information content (AvgIpc) is 3.15. The fourth-order valence-electron chi connectivity index (χ4n) is 4.85. The summed E-state index contributed by atoms with van der Waals surface area (Å²) >= 11 is 1.46. The van der Waals surface area contributed by atoms with E-state index in [1.54, 1.807) is 0 Å². The number of hydrogen-bond donors (Lipinski definition) is 0. The van der Waals surface area contributed by atoms with Crippen molar-refractivity contribution in [2.75, 3.05) is 10.7 Å². The molecule has 0 radical (unpaired) electrons. The van der Waals surface area contributed by atoms with E-state index >= 15 is 0 Å². The second kappa shape index (κ2) is 11.0. The molecule has 0 bridgehead atoms. The van der Waals surface area contributed by atoms with Crippen LogP contribution in [0.15, 0.2) is 114 Å². The number of anilines is 2. The number of rotatable bonds is 6. The van der Waals surface area contributed by atoms with E-state index in [1.807, 2.05) is 102 Å². The zero-order valence-corrected chi connectivity index (χ0v) is 21.6. The molecule has 186 valence electrons. The Kier molecular flexibility index (Phi) is 6.96. The summed E-state index contributed by atoms with van der Waals surface area (Å²) in [7, 11) is 0. The Labute approximate surface area is 226 Å². The number of para-hydroxylation sites is 2. The van der Waals surface area contributed by atoms with Crippen molar-refractivity contribution < 1.29 is 4.79 Å². The summed E-state index contributed by atoms with van der Waals surface area (Å²) < 4.78 is 0. The predicted molar refractivity (Wildman–Crippen MR) is 153 cm³/mol. The molecule has 0 unspecified atom stereocenters. The van der Waals surface area contributed by atoms with E-state index in [0.717, 1.165) is 46.7 Å². The Morgan fingerprint density at radius 3 is 1.79 bits per heavy atom. The molecular weight excluding hydrogens is 488 g/mol. The zero-order chi connectivity index (χ0) is 25.7. The van der Waals surface area contributed by atoms with Crippen molar-refractivity contribution in [3.63, 3.8) is 0 Å². The number of amides is 1. The Hall–Kier alpha value is -4.29. The van der Waals surface area contributed by atoms with Gasteiger partial charge in [-0.15, -0.1) is 10.2 Å². The monoisotopic (exact) mass is 514 g/mol. The standard InChI is InChI=1S/C32H26N4OS/c37-29(36-27-17-9-7-11-23(27)19-20-24-12-8-10-18-28(24)36)21-22-38-32-33-30(25-13-3-1-4-14-25)31(34-35-32)26-15-5-2-6-16-26/h1-18H,19-22H2. The summed E-state index contributed by atoms with van der Waals surface area (Å²) in [5.41, 5.74) is 7.83. The largest absolute Gasteiger partial charge is 0.280 e. The van der Waals surface area contributed by atoms with Crippen LogP contribution in [0.5, 0.6) is 0 Å². The van der Waals surface area contributed by atoms with Gasteiger partial charge in [0.15, 0.2) is 0 Å². The quantitative estimate of drug-likeness (QED) is 0.225. The van der Waals surface area contributed by atoms with E-state index in [9.17, 15) is 4.79 Å². The lowest BCUT2D eigenvalue weighted by atomic mass is 10.0. The minimum absolute atomic E-state index is 0.0662. The molecule has 4 aromatic carbocycles. The molecule has 6 heteroatoms. The number of aromatic nitrogens is 3. The van der Waals surface area contributed by atoms with Crippen LogP contribution in [0.1, 0.15) is 17.5 Å². The summed E-state index contributed by atoms with van der Waals surface area (Å²) in [4.78, 5) is 20.4. The molecule has 5 nitrogen and oxygen atoms in total. The smallest absolute Gasteiger partial charge is 0.232 e. The number of benzene rings is 4. The fourth-order valence-corrected chi connectivity index (χ4v) is 5.56. The molecule has 0 atom stereocenters. The van der Waals surface area contributed by atoms with Crippen molar-refractivity contribution in [1.29, 1.82) is 0 Å². The third kappa shape index (κ3) is 4.95. The summed E-state index contributed by atoms with van der Waals surface area (Å²) in [6, 6.07) is 36.4. The topological polar surface area (TPSA) is 59.0 Å². The number of aryl methyl sites for hydroxylation is 2. The molecule has 0 aliphatic carbocycles. The van der Waals surface area contributed by atoms with Gasteiger partial charge in [-0.3, -0.25) is 9.69 Å². The van der Waals surface area contributed by atoms with E-state index < -0.39 is 0 Å².